The van der Waals surface area contributed by atoms with E-state index in [-0.39, 0.29) is 16.9 Å². The Balaban J connectivity index is 1.65. The highest BCUT2D eigenvalue weighted by atomic mass is 19.1. The van der Waals surface area contributed by atoms with E-state index >= 15 is 0 Å². The molecule has 0 spiro atoms. The van der Waals surface area contributed by atoms with Crippen molar-refractivity contribution < 1.29 is 18.3 Å². The molecule has 1 aliphatic heterocycles. The molecule has 4 N–H and O–H groups in total. The summed E-state index contributed by atoms with van der Waals surface area (Å²) in [6, 6.07) is 8.73. The molecule has 8 nitrogen and oxygen atoms in total. The molecule has 1 atom stereocenters. The summed E-state index contributed by atoms with van der Waals surface area (Å²) >= 11 is 0. The smallest absolute Gasteiger partial charge is 0.319 e. The van der Waals surface area contributed by atoms with Crippen molar-refractivity contribution in [1.29, 1.82) is 5.26 Å². The Kier molecular flexibility index (Phi) is 7.89. The fraction of sp³-hybridized carbons (Fsp3) is 0.375. The van der Waals surface area contributed by atoms with Gasteiger partial charge in [0.1, 0.15) is 17.4 Å². The molecule has 34 heavy (non-hydrogen) atoms. The van der Waals surface area contributed by atoms with E-state index in [9.17, 15) is 13.6 Å². The normalized spacial score (nSPS) is 14.4. The van der Waals surface area contributed by atoms with Gasteiger partial charge in [-0.1, -0.05) is 6.92 Å². The van der Waals surface area contributed by atoms with Crippen LogP contribution < -0.4 is 26.0 Å². The summed E-state index contributed by atoms with van der Waals surface area (Å²) in [5.41, 5.74) is 0.522. The monoisotopic (exact) mass is 470 g/mol. The van der Waals surface area contributed by atoms with Crippen LogP contribution in [0.1, 0.15) is 45.3 Å². The van der Waals surface area contributed by atoms with E-state index in [1.807, 2.05) is 6.92 Å². The highest BCUT2D eigenvalue weighted by Gasteiger charge is 2.24. The molecule has 0 aromatic heterocycles. The number of benzene rings is 2. The molecule has 2 amide bonds. The minimum Gasteiger partial charge on any atom is -0.493 e. The minimum absolute atomic E-state index is 0.0995. The zero-order chi connectivity index (χ0) is 24.7. The zero-order valence-electron chi connectivity index (χ0n) is 19.3. The highest BCUT2D eigenvalue weighted by molar-refractivity contribution is 5.89. The number of hydrogen-bond acceptors (Lipinski definition) is 6. The largest absolute Gasteiger partial charge is 0.493 e. The number of urea groups is 1. The molecule has 180 valence electrons. The summed E-state index contributed by atoms with van der Waals surface area (Å²) in [6.45, 7) is 6.29. The van der Waals surface area contributed by atoms with Crippen molar-refractivity contribution in [3.8, 4) is 11.8 Å². The molecule has 0 bridgehead atoms. The lowest BCUT2D eigenvalue weighted by atomic mass is 9.92. The summed E-state index contributed by atoms with van der Waals surface area (Å²) in [5, 5.41) is 20.0. The van der Waals surface area contributed by atoms with E-state index in [0.29, 0.717) is 31.0 Å². The molecule has 2 aromatic carbocycles. The molecule has 0 saturated carbocycles. The number of carbonyl (C=O) groups excluding carboxylic acids is 1. The lowest BCUT2D eigenvalue weighted by Gasteiger charge is -2.24. The summed E-state index contributed by atoms with van der Waals surface area (Å²) < 4.78 is 35.1. The second kappa shape index (κ2) is 10.8. The Morgan fingerprint density at radius 2 is 2.06 bits per heavy atom. The first-order valence-corrected chi connectivity index (χ1v) is 11.0. The van der Waals surface area contributed by atoms with Gasteiger partial charge in [-0.15, -0.1) is 0 Å². The number of hydrogen-bond donors (Lipinski definition) is 4. The van der Waals surface area contributed by atoms with Crippen molar-refractivity contribution in [3.05, 3.63) is 47.5 Å². The van der Waals surface area contributed by atoms with Crippen LogP contribution in [0.2, 0.25) is 0 Å². The molecule has 1 unspecified atom stereocenters. The zero-order valence-corrected chi connectivity index (χ0v) is 19.3. The van der Waals surface area contributed by atoms with Crippen molar-refractivity contribution >= 4 is 29.4 Å². The first-order chi connectivity index (χ1) is 16.2. The number of nitriles is 1. The Morgan fingerprint density at radius 1 is 1.26 bits per heavy atom. The summed E-state index contributed by atoms with van der Waals surface area (Å²) in [4.78, 5) is 16.2. The maximum Gasteiger partial charge on any atom is 0.319 e. The Labute approximate surface area is 197 Å². The van der Waals surface area contributed by atoms with Crippen molar-refractivity contribution in [3.63, 3.8) is 0 Å². The number of ether oxygens (including phenoxy) is 1. The Morgan fingerprint density at radius 3 is 2.76 bits per heavy atom. The fourth-order valence-corrected chi connectivity index (χ4v) is 3.24. The SMILES string of the molecule is CCCOc1cc(F)c2c(c1)NC=NC2Nc1ccc(NC(=O)NCCC(C)(C)C#N)cc1F. The lowest BCUT2D eigenvalue weighted by molar-refractivity contribution is 0.251. The van der Waals surface area contributed by atoms with Gasteiger partial charge in [-0.25, -0.2) is 18.6 Å². The molecule has 2 aromatic rings. The number of nitrogens with one attached hydrogen (secondary N) is 4. The number of fused-ring (bicyclic) bond motifs is 1. The van der Waals surface area contributed by atoms with Crippen LogP contribution in [0.4, 0.5) is 30.6 Å². The third-order valence-electron chi connectivity index (χ3n) is 5.15. The number of rotatable bonds is 9. The van der Waals surface area contributed by atoms with E-state index in [0.717, 1.165) is 12.5 Å². The summed E-state index contributed by atoms with van der Waals surface area (Å²) in [7, 11) is 0. The van der Waals surface area contributed by atoms with Gasteiger partial charge in [0.2, 0.25) is 0 Å². The number of amides is 2. The molecule has 0 radical (unpaired) electrons. The first-order valence-electron chi connectivity index (χ1n) is 11.0. The predicted octanol–water partition coefficient (Wildman–Crippen LogP) is 5.38. The average Bonchev–Trinajstić information content (AvgIpc) is 2.79. The average molecular weight is 471 g/mol. The molecule has 1 aliphatic rings. The summed E-state index contributed by atoms with van der Waals surface area (Å²) in [5.74, 6) is -0.766. The third kappa shape index (κ3) is 6.34. The van der Waals surface area contributed by atoms with Crippen LogP contribution in [-0.4, -0.2) is 25.5 Å². The van der Waals surface area contributed by atoms with Gasteiger partial charge in [0.15, 0.2) is 6.17 Å². The third-order valence-corrected chi connectivity index (χ3v) is 5.15. The maximum absolute atomic E-state index is 14.8. The van der Waals surface area contributed by atoms with Gasteiger partial charge in [0.25, 0.3) is 0 Å². The standard InChI is InChI=1S/C24H28F2N6O2/c1-4-9-34-16-11-18(26)21-20(12-16)29-14-30-22(21)32-19-6-5-15(10-17(19)25)31-23(33)28-8-7-24(2,3)13-27/h5-6,10-12,14,22,32H,4,7-9H2,1-3H3,(H,29,30)(H2,28,31,33). The summed E-state index contributed by atoms with van der Waals surface area (Å²) in [6.07, 6.45) is 1.84. The molecule has 0 saturated heterocycles. The van der Waals surface area contributed by atoms with Gasteiger partial charge in [-0.3, -0.25) is 0 Å². The first kappa shape index (κ1) is 24.8. The molecule has 0 aliphatic carbocycles. The van der Waals surface area contributed by atoms with E-state index < -0.39 is 29.2 Å². The second-order valence-corrected chi connectivity index (χ2v) is 8.51. The highest BCUT2D eigenvalue weighted by Crippen LogP contribution is 2.36. The van der Waals surface area contributed by atoms with Crippen LogP contribution in [0.15, 0.2) is 35.3 Å². The van der Waals surface area contributed by atoms with Crippen molar-refractivity contribution in [2.24, 2.45) is 10.4 Å². The van der Waals surface area contributed by atoms with Crippen LogP contribution >= 0.6 is 0 Å². The molecule has 3 rings (SSSR count). The van der Waals surface area contributed by atoms with E-state index in [1.165, 1.54) is 24.5 Å². The van der Waals surface area contributed by atoms with Crippen LogP contribution in [0.5, 0.6) is 5.75 Å². The van der Waals surface area contributed by atoms with E-state index in [4.69, 9.17) is 10.00 Å². The number of anilines is 3. The van der Waals surface area contributed by atoms with Crippen LogP contribution in [0.3, 0.4) is 0 Å². The van der Waals surface area contributed by atoms with E-state index in [1.54, 1.807) is 19.9 Å². The van der Waals surface area contributed by atoms with Gasteiger partial charge in [0, 0.05) is 24.4 Å². The van der Waals surface area contributed by atoms with Gasteiger partial charge >= 0.3 is 6.03 Å². The molecular weight excluding hydrogens is 442 g/mol. The fourth-order valence-electron chi connectivity index (χ4n) is 3.24. The molecular formula is C24H28F2N6O2. The molecule has 1 heterocycles. The quantitative estimate of drug-likeness (QED) is 0.393. The maximum atomic E-state index is 14.8. The van der Waals surface area contributed by atoms with Crippen LogP contribution in [-0.2, 0) is 0 Å². The molecule has 10 heteroatoms. The number of carbonyl (C=O) groups is 1. The van der Waals surface area contributed by atoms with Gasteiger partial charge in [-0.2, -0.15) is 5.26 Å². The predicted molar refractivity (Wildman–Crippen MR) is 128 cm³/mol. The van der Waals surface area contributed by atoms with Crippen LogP contribution in [0, 0.1) is 28.4 Å². The van der Waals surface area contributed by atoms with Gasteiger partial charge < -0.3 is 26.0 Å². The minimum atomic E-state index is -0.850. The van der Waals surface area contributed by atoms with Gasteiger partial charge in [-0.05, 0) is 44.9 Å². The number of aliphatic imine (C=N–C) groups is 1. The molecule has 0 fully saturated rings. The van der Waals surface area contributed by atoms with E-state index in [2.05, 4.69) is 32.3 Å². The van der Waals surface area contributed by atoms with Gasteiger partial charge in [0.05, 0.1) is 41.4 Å². The second-order valence-electron chi connectivity index (χ2n) is 8.51. The lowest BCUT2D eigenvalue weighted by Crippen LogP contribution is -2.31. The topological polar surface area (TPSA) is 111 Å². The number of nitrogens with zero attached hydrogens (tertiary/aromatic N) is 2. The Hall–Kier alpha value is -3.87. The van der Waals surface area contributed by atoms with Crippen molar-refractivity contribution in [2.75, 3.05) is 29.1 Å². The Bertz CT molecular complexity index is 1110. The van der Waals surface area contributed by atoms with Crippen molar-refractivity contribution in [2.45, 2.75) is 39.8 Å². The van der Waals surface area contributed by atoms with Crippen molar-refractivity contribution in [1.82, 2.24) is 5.32 Å². The number of halogens is 2. The van der Waals surface area contributed by atoms with Crippen LogP contribution in [0.25, 0.3) is 0 Å².